The van der Waals surface area contributed by atoms with E-state index in [0.717, 1.165) is 6.42 Å². The van der Waals surface area contributed by atoms with Gasteiger partial charge in [-0.25, -0.2) is 4.39 Å². The van der Waals surface area contributed by atoms with Crippen LogP contribution in [0.5, 0.6) is 0 Å². The van der Waals surface area contributed by atoms with Crippen LogP contribution in [0.15, 0.2) is 30.5 Å². The molecule has 1 atom stereocenters. The van der Waals surface area contributed by atoms with E-state index in [-0.39, 0.29) is 17.3 Å². The summed E-state index contributed by atoms with van der Waals surface area (Å²) in [6, 6.07) is 5.64. The first-order chi connectivity index (χ1) is 11.1. The molecular formula is C15H15FN4O3. The number of nitrogens with one attached hydrogen (secondary N) is 3. The Morgan fingerprint density at radius 1 is 1.26 bits per heavy atom. The number of aromatic amines is 1. The fourth-order valence-electron chi connectivity index (χ4n) is 2.35. The van der Waals surface area contributed by atoms with Crippen LogP contribution in [0.4, 0.5) is 4.39 Å². The van der Waals surface area contributed by atoms with Gasteiger partial charge < -0.3 is 4.74 Å². The highest BCUT2D eigenvalue weighted by molar-refractivity contribution is 6.00. The molecule has 3 N–H and O–H groups in total. The zero-order chi connectivity index (χ0) is 16.2. The van der Waals surface area contributed by atoms with Crippen molar-refractivity contribution in [2.24, 2.45) is 0 Å². The van der Waals surface area contributed by atoms with Gasteiger partial charge >= 0.3 is 0 Å². The zero-order valence-corrected chi connectivity index (χ0v) is 12.1. The summed E-state index contributed by atoms with van der Waals surface area (Å²) in [6.07, 6.45) is 2.26. The largest absolute Gasteiger partial charge is 0.368 e. The Morgan fingerprint density at radius 2 is 2.04 bits per heavy atom. The Hall–Kier alpha value is -2.74. The lowest BCUT2D eigenvalue weighted by atomic mass is 10.1. The first kappa shape index (κ1) is 15.2. The maximum Gasteiger partial charge on any atom is 0.273 e. The molecule has 0 saturated carbocycles. The molecule has 23 heavy (non-hydrogen) atoms. The molecule has 1 fully saturated rings. The molecule has 1 saturated heterocycles. The molecule has 1 unspecified atom stereocenters. The van der Waals surface area contributed by atoms with E-state index in [4.69, 9.17) is 4.74 Å². The van der Waals surface area contributed by atoms with Crippen molar-refractivity contribution in [3.05, 3.63) is 41.8 Å². The van der Waals surface area contributed by atoms with Gasteiger partial charge in [-0.2, -0.15) is 5.10 Å². The number of carbonyl (C=O) groups is 2. The number of hydrazine groups is 1. The number of H-pyrrole nitrogens is 1. The van der Waals surface area contributed by atoms with Gasteiger partial charge in [0, 0.05) is 12.2 Å². The van der Waals surface area contributed by atoms with E-state index < -0.39 is 12.0 Å². The molecule has 3 rings (SSSR count). The summed E-state index contributed by atoms with van der Waals surface area (Å²) in [5, 5.41) is 6.52. The second-order valence-corrected chi connectivity index (χ2v) is 5.11. The number of hydrogen-bond acceptors (Lipinski definition) is 4. The van der Waals surface area contributed by atoms with Crippen molar-refractivity contribution in [2.45, 2.75) is 18.9 Å². The smallest absolute Gasteiger partial charge is 0.273 e. The van der Waals surface area contributed by atoms with Gasteiger partial charge in [0.15, 0.2) is 0 Å². The molecule has 7 nitrogen and oxygen atoms in total. The summed E-state index contributed by atoms with van der Waals surface area (Å²) in [4.78, 5) is 24.0. The van der Waals surface area contributed by atoms with Crippen molar-refractivity contribution in [1.82, 2.24) is 21.0 Å². The lowest BCUT2D eigenvalue weighted by Crippen LogP contribution is -2.46. The lowest BCUT2D eigenvalue weighted by Gasteiger charge is -2.11. The van der Waals surface area contributed by atoms with E-state index in [1.165, 1.54) is 30.5 Å². The third-order valence-electron chi connectivity index (χ3n) is 3.54. The average Bonchev–Trinajstić information content (AvgIpc) is 3.24. The summed E-state index contributed by atoms with van der Waals surface area (Å²) in [7, 11) is 0. The Morgan fingerprint density at radius 3 is 2.74 bits per heavy atom. The molecule has 1 aromatic carbocycles. The highest BCUT2D eigenvalue weighted by atomic mass is 19.1. The SMILES string of the molecule is O=C(NNC(=O)C1CCCO1)c1cn[nH]c1-c1ccc(F)cc1. The number of halogens is 1. The van der Waals surface area contributed by atoms with Gasteiger partial charge in [0.1, 0.15) is 11.9 Å². The molecule has 0 radical (unpaired) electrons. The third-order valence-corrected chi connectivity index (χ3v) is 3.54. The Kier molecular flexibility index (Phi) is 4.33. The number of hydrogen-bond donors (Lipinski definition) is 3. The maximum atomic E-state index is 13.0. The number of aromatic nitrogens is 2. The first-order valence-electron chi connectivity index (χ1n) is 7.16. The monoisotopic (exact) mass is 318 g/mol. The van der Waals surface area contributed by atoms with Crippen molar-refractivity contribution in [3.8, 4) is 11.3 Å². The highest BCUT2D eigenvalue weighted by Gasteiger charge is 2.24. The van der Waals surface area contributed by atoms with Gasteiger partial charge in [0.2, 0.25) is 0 Å². The predicted molar refractivity (Wildman–Crippen MR) is 78.6 cm³/mol. The molecule has 0 spiro atoms. The summed E-state index contributed by atoms with van der Waals surface area (Å²) in [5.74, 6) is -1.28. The van der Waals surface area contributed by atoms with Crippen molar-refractivity contribution >= 4 is 11.8 Å². The summed E-state index contributed by atoms with van der Waals surface area (Å²) in [6.45, 7) is 0.544. The summed E-state index contributed by atoms with van der Waals surface area (Å²) < 4.78 is 18.2. The van der Waals surface area contributed by atoms with Crippen LogP contribution in [0, 0.1) is 5.82 Å². The summed E-state index contributed by atoms with van der Waals surface area (Å²) in [5.41, 5.74) is 5.96. The van der Waals surface area contributed by atoms with E-state index >= 15 is 0 Å². The molecule has 2 aromatic rings. The topological polar surface area (TPSA) is 96.1 Å². The molecule has 1 aromatic heterocycles. The first-order valence-corrected chi connectivity index (χ1v) is 7.16. The predicted octanol–water partition coefficient (Wildman–Crippen LogP) is 1.16. The van der Waals surface area contributed by atoms with Gasteiger partial charge in [0.25, 0.3) is 11.8 Å². The Labute approximate surface area is 131 Å². The van der Waals surface area contributed by atoms with Crippen LogP contribution >= 0.6 is 0 Å². The molecule has 0 bridgehead atoms. The van der Waals surface area contributed by atoms with Crippen molar-refractivity contribution in [3.63, 3.8) is 0 Å². The van der Waals surface area contributed by atoms with Crippen LogP contribution in [0.25, 0.3) is 11.3 Å². The number of ether oxygens (including phenoxy) is 1. The molecule has 2 heterocycles. The average molecular weight is 318 g/mol. The minimum absolute atomic E-state index is 0.240. The zero-order valence-electron chi connectivity index (χ0n) is 12.1. The normalized spacial score (nSPS) is 17.0. The van der Waals surface area contributed by atoms with E-state index in [9.17, 15) is 14.0 Å². The molecule has 1 aliphatic heterocycles. The number of rotatable bonds is 3. The minimum atomic E-state index is -0.531. The number of benzene rings is 1. The standard InChI is InChI=1S/C15H15FN4O3/c16-10-5-3-9(4-6-10)13-11(8-17-18-13)14(21)19-20-15(22)12-2-1-7-23-12/h3-6,8,12H,1-2,7H2,(H,17,18)(H,19,21)(H,20,22). The van der Waals surface area contributed by atoms with Gasteiger partial charge in [0.05, 0.1) is 17.5 Å². The molecule has 120 valence electrons. The van der Waals surface area contributed by atoms with E-state index in [2.05, 4.69) is 21.0 Å². The van der Waals surface area contributed by atoms with Crippen LogP contribution < -0.4 is 10.9 Å². The van der Waals surface area contributed by atoms with Crippen LogP contribution in [0.1, 0.15) is 23.2 Å². The van der Waals surface area contributed by atoms with E-state index in [0.29, 0.717) is 24.3 Å². The van der Waals surface area contributed by atoms with Gasteiger partial charge in [-0.1, -0.05) is 0 Å². The van der Waals surface area contributed by atoms with E-state index in [1.54, 1.807) is 0 Å². The Balaban J connectivity index is 1.67. The second kappa shape index (κ2) is 6.57. The van der Waals surface area contributed by atoms with Crippen molar-refractivity contribution in [2.75, 3.05) is 6.61 Å². The number of amides is 2. The van der Waals surface area contributed by atoms with Gasteiger partial charge in [-0.05, 0) is 37.1 Å². The van der Waals surface area contributed by atoms with Crippen molar-refractivity contribution < 1.29 is 18.7 Å². The molecule has 2 amide bonds. The lowest BCUT2D eigenvalue weighted by molar-refractivity contribution is -0.130. The minimum Gasteiger partial charge on any atom is -0.368 e. The molecule has 8 heteroatoms. The quantitative estimate of drug-likeness (QED) is 0.740. The highest BCUT2D eigenvalue weighted by Crippen LogP contribution is 2.21. The van der Waals surface area contributed by atoms with Crippen LogP contribution in [0.3, 0.4) is 0 Å². The fourth-order valence-corrected chi connectivity index (χ4v) is 2.35. The summed E-state index contributed by atoms with van der Waals surface area (Å²) >= 11 is 0. The molecular weight excluding hydrogens is 303 g/mol. The van der Waals surface area contributed by atoms with Gasteiger partial charge in [-0.3, -0.25) is 25.5 Å². The van der Waals surface area contributed by atoms with E-state index in [1.807, 2.05) is 0 Å². The number of nitrogens with zero attached hydrogens (tertiary/aromatic N) is 1. The van der Waals surface area contributed by atoms with Crippen LogP contribution in [-0.2, 0) is 9.53 Å². The third kappa shape index (κ3) is 3.37. The van der Waals surface area contributed by atoms with Crippen molar-refractivity contribution in [1.29, 1.82) is 0 Å². The van der Waals surface area contributed by atoms with Crippen LogP contribution in [-0.4, -0.2) is 34.7 Å². The molecule has 1 aliphatic rings. The Bertz CT molecular complexity index is 708. The van der Waals surface area contributed by atoms with Gasteiger partial charge in [-0.15, -0.1) is 0 Å². The maximum absolute atomic E-state index is 13.0. The number of carbonyl (C=O) groups excluding carboxylic acids is 2. The van der Waals surface area contributed by atoms with Crippen LogP contribution in [0.2, 0.25) is 0 Å². The fraction of sp³-hybridized carbons (Fsp3) is 0.267. The molecule has 0 aliphatic carbocycles. The second-order valence-electron chi connectivity index (χ2n) is 5.11.